The SMILES string of the molecule is CCC(C)CC1(N)CCCC(C)C1C. The smallest absolute Gasteiger partial charge is 0.0185 e. The van der Waals surface area contributed by atoms with Crippen molar-refractivity contribution in [1.29, 1.82) is 0 Å². The van der Waals surface area contributed by atoms with Gasteiger partial charge in [-0.3, -0.25) is 0 Å². The first kappa shape index (κ1) is 12.0. The van der Waals surface area contributed by atoms with Crippen LogP contribution in [0.5, 0.6) is 0 Å². The highest BCUT2D eigenvalue weighted by atomic mass is 14.8. The zero-order valence-electron chi connectivity index (χ0n) is 10.3. The summed E-state index contributed by atoms with van der Waals surface area (Å²) in [5, 5.41) is 0. The zero-order chi connectivity index (χ0) is 10.8. The van der Waals surface area contributed by atoms with Gasteiger partial charge in [0.2, 0.25) is 0 Å². The van der Waals surface area contributed by atoms with Crippen LogP contribution in [0.25, 0.3) is 0 Å². The molecular weight excluding hydrogens is 170 g/mol. The lowest BCUT2D eigenvalue weighted by Crippen LogP contribution is -2.51. The van der Waals surface area contributed by atoms with Crippen molar-refractivity contribution in [3.05, 3.63) is 0 Å². The van der Waals surface area contributed by atoms with Gasteiger partial charge in [0, 0.05) is 5.54 Å². The zero-order valence-corrected chi connectivity index (χ0v) is 10.3. The highest BCUT2D eigenvalue weighted by molar-refractivity contribution is 4.95. The Morgan fingerprint density at radius 2 is 2.07 bits per heavy atom. The van der Waals surface area contributed by atoms with E-state index >= 15 is 0 Å². The lowest BCUT2D eigenvalue weighted by Gasteiger charge is -2.44. The molecule has 0 spiro atoms. The maximum atomic E-state index is 6.57. The van der Waals surface area contributed by atoms with E-state index in [4.69, 9.17) is 5.73 Å². The van der Waals surface area contributed by atoms with E-state index in [9.17, 15) is 0 Å². The normalized spacial score (nSPS) is 40.9. The molecule has 0 aromatic carbocycles. The van der Waals surface area contributed by atoms with Gasteiger partial charge >= 0.3 is 0 Å². The molecule has 1 rings (SSSR count). The summed E-state index contributed by atoms with van der Waals surface area (Å²) in [6, 6.07) is 0. The summed E-state index contributed by atoms with van der Waals surface area (Å²) in [6.07, 6.45) is 6.43. The highest BCUT2D eigenvalue weighted by Gasteiger charge is 2.38. The van der Waals surface area contributed by atoms with E-state index in [1.165, 1.54) is 32.1 Å². The Morgan fingerprint density at radius 1 is 1.43 bits per heavy atom. The predicted molar refractivity (Wildman–Crippen MR) is 63.2 cm³/mol. The molecule has 1 nitrogen and oxygen atoms in total. The fraction of sp³-hybridized carbons (Fsp3) is 1.00. The number of hydrogen-bond acceptors (Lipinski definition) is 1. The molecule has 84 valence electrons. The molecule has 1 aliphatic carbocycles. The molecule has 0 heterocycles. The molecule has 0 aromatic rings. The molecule has 1 aliphatic rings. The summed E-state index contributed by atoms with van der Waals surface area (Å²) in [4.78, 5) is 0. The van der Waals surface area contributed by atoms with Gasteiger partial charge in [-0.05, 0) is 30.6 Å². The standard InChI is InChI=1S/C13H27N/c1-5-10(2)9-13(14)8-6-7-11(3)12(13)4/h10-12H,5-9,14H2,1-4H3. The molecule has 2 N–H and O–H groups in total. The topological polar surface area (TPSA) is 26.0 Å². The number of rotatable bonds is 3. The van der Waals surface area contributed by atoms with E-state index in [1.54, 1.807) is 0 Å². The molecule has 0 radical (unpaired) electrons. The molecule has 4 unspecified atom stereocenters. The minimum absolute atomic E-state index is 0.132. The van der Waals surface area contributed by atoms with Crippen LogP contribution in [-0.2, 0) is 0 Å². The molecule has 0 bridgehead atoms. The van der Waals surface area contributed by atoms with Crippen LogP contribution in [0.15, 0.2) is 0 Å². The van der Waals surface area contributed by atoms with Gasteiger partial charge in [0.25, 0.3) is 0 Å². The van der Waals surface area contributed by atoms with Crippen LogP contribution in [0.2, 0.25) is 0 Å². The monoisotopic (exact) mass is 197 g/mol. The Kier molecular flexibility index (Phi) is 4.00. The third kappa shape index (κ3) is 2.50. The number of hydrogen-bond donors (Lipinski definition) is 1. The Balaban J connectivity index is 2.61. The van der Waals surface area contributed by atoms with Gasteiger partial charge in [-0.1, -0.05) is 47.0 Å². The van der Waals surface area contributed by atoms with Crippen LogP contribution < -0.4 is 5.73 Å². The van der Waals surface area contributed by atoms with Crippen molar-refractivity contribution in [2.24, 2.45) is 23.5 Å². The molecule has 1 fully saturated rings. The molecule has 0 saturated heterocycles. The van der Waals surface area contributed by atoms with Crippen molar-refractivity contribution in [3.63, 3.8) is 0 Å². The fourth-order valence-corrected chi connectivity index (χ4v) is 2.88. The van der Waals surface area contributed by atoms with E-state index in [0.29, 0.717) is 5.92 Å². The van der Waals surface area contributed by atoms with Crippen molar-refractivity contribution in [2.75, 3.05) is 0 Å². The van der Waals surface area contributed by atoms with Crippen molar-refractivity contribution in [1.82, 2.24) is 0 Å². The van der Waals surface area contributed by atoms with Crippen LogP contribution in [0.1, 0.15) is 59.8 Å². The highest BCUT2D eigenvalue weighted by Crippen LogP contribution is 2.39. The fourth-order valence-electron chi connectivity index (χ4n) is 2.88. The quantitative estimate of drug-likeness (QED) is 0.735. The predicted octanol–water partition coefficient (Wildman–Crippen LogP) is 3.58. The minimum Gasteiger partial charge on any atom is -0.325 e. The molecule has 0 aliphatic heterocycles. The van der Waals surface area contributed by atoms with Crippen molar-refractivity contribution >= 4 is 0 Å². The van der Waals surface area contributed by atoms with Gasteiger partial charge in [0.15, 0.2) is 0 Å². The van der Waals surface area contributed by atoms with Gasteiger partial charge in [-0.25, -0.2) is 0 Å². The lowest BCUT2D eigenvalue weighted by molar-refractivity contribution is 0.118. The summed E-state index contributed by atoms with van der Waals surface area (Å²) in [5.41, 5.74) is 6.70. The summed E-state index contributed by atoms with van der Waals surface area (Å²) in [7, 11) is 0. The van der Waals surface area contributed by atoms with E-state index in [-0.39, 0.29) is 5.54 Å². The van der Waals surface area contributed by atoms with Crippen molar-refractivity contribution < 1.29 is 0 Å². The summed E-state index contributed by atoms with van der Waals surface area (Å²) in [6.45, 7) is 9.32. The molecule has 1 heteroatoms. The van der Waals surface area contributed by atoms with Crippen LogP contribution >= 0.6 is 0 Å². The van der Waals surface area contributed by atoms with E-state index < -0.39 is 0 Å². The Bertz CT molecular complexity index is 178. The Morgan fingerprint density at radius 3 is 2.64 bits per heavy atom. The molecule has 14 heavy (non-hydrogen) atoms. The average molecular weight is 197 g/mol. The molecule has 1 saturated carbocycles. The van der Waals surface area contributed by atoms with Crippen LogP contribution in [0.4, 0.5) is 0 Å². The average Bonchev–Trinajstić information content (AvgIpc) is 2.14. The summed E-state index contributed by atoms with van der Waals surface area (Å²) >= 11 is 0. The Labute approximate surface area is 89.5 Å². The van der Waals surface area contributed by atoms with Crippen LogP contribution in [0.3, 0.4) is 0 Å². The largest absolute Gasteiger partial charge is 0.325 e. The van der Waals surface area contributed by atoms with Gasteiger partial charge in [0.1, 0.15) is 0 Å². The maximum absolute atomic E-state index is 6.57. The van der Waals surface area contributed by atoms with Crippen LogP contribution in [-0.4, -0.2) is 5.54 Å². The summed E-state index contributed by atoms with van der Waals surface area (Å²) < 4.78 is 0. The van der Waals surface area contributed by atoms with Gasteiger partial charge in [-0.15, -0.1) is 0 Å². The second-order valence-electron chi connectivity index (χ2n) is 5.61. The van der Waals surface area contributed by atoms with Crippen LogP contribution in [0, 0.1) is 17.8 Å². The third-order valence-electron chi connectivity index (χ3n) is 4.49. The Hall–Kier alpha value is -0.0400. The van der Waals surface area contributed by atoms with E-state index in [1.807, 2.05) is 0 Å². The molecule has 4 atom stereocenters. The first-order valence-electron chi connectivity index (χ1n) is 6.28. The first-order valence-corrected chi connectivity index (χ1v) is 6.28. The molecule has 0 amide bonds. The summed E-state index contributed by atoms with van der Waals surface area (Å²) in [5.74, 6) is 2.30. The minimum atomic E-state index is 0.132. The van der Waals surface area contributed by atoms with E-state index in [2.05, 4.69) is 27.7 Å². The maximum Gasteiger partial charge on any atom is 0.0185 e. The van der Waals surface area contributed by atoms with Crippen molar-refractivity contribution in [3.8, 4) is 0 Å². The second-order valence-corrected chi connectivity index (χ2v) is 5.61. The second kappa shape index (κ2) is 4.65. The van der Waals surface area contributed by atoms with E-state index in [0.717, 1.165) is 11.8 Å². The van der Waals surface area contributed by atoms with Crippen molar-refractivity contribution in [2.45, 2.75) is 65.3 Å². The lowest BCUT2D eigenvalue weighted by atomic mass is 9.65. The number of nitrogens with two attached hydrogens (primary N) is 1. The first-order chi connectivity index (χ1) is 6.49. The van der Waals surface area contributed by atoms with Gasteiger partial charge in [0.05, 0.1) is 0 Å². The molecule has 0 aromatic heterocycles. The van der Waals surface area contributed by atoms with Gasteiger partial charge in [-0.2, -0.15) is 0 Å². The third-order valence-corrected chi connectivity index (χ3v) is 4.49. The molecular formula is C13H27N. The van der Waals surface area contributed by atoms with Gasteiger partial charge < -0.3 is 5.73 Å².